The number of methoxy groups -OCH3 is 1. The van der Waals surface area contributed by atoms with Gasteiger partial charge < -0.3 is 9.47 Å². The first kappa shape index (κ1) is 30.6. The second-order valence-electron chi connectivity index (χ2n) is 11.4. The molecule has 0 bridgehead atoms. The zero-order valence-corrected chi connectivity index (χ0v) is 26.2. The highest BCUT2D eigenvalue weighted by atomic mass is 32.3. The zero-order chi connectivity index (χ0) is 31.3. The Labute approximate surface area is 253 Å². The molecule has 5 rings (SSSR count). The normalized spacial score (nSPS) is 21.4. The molecule has 3 atom stereocenters. The third kappa shape index (κ3) is 5.41. The Morgan fingerprint density at radius 2 is 1.56 bits per heavy atom. The maximum Gasteiger partial charge on any atom is 0.336 e. The highest BCUT2D eigenvalue weighted by molar-refractivity contribution is 8.14. The Balaban J connectivity index is 1.53. The van der Waals surface area contributed by atoms with Crippen molar-refractivity contribution in [3.8, 4) is 5.88 Å². The summed E-state index contributed by atoms with van der Waals surface area (Å²) in [5.41, 5.74) is 0.118. The number of carbonyl (C=O) groups excluding carboxylic acids is 2. The first-order valence-electron chi connectivity index (χ1n) is 13.5. The van der Waals surface area contributed by atoms with Crippen LogP contribution in [0.3, 0.4) is 0 Å². The maximum atomic E-state index is 13.8. The van der Waals surface area contributed by atoms with Gasteiger partial charge in [-0.15, -0.1) is 5.10 Å². The van der Waals surface area contributed by atoms with Crippen LogP contribution in [0.15, 0.2) is 81.9 Å². The number of amides is 1. The van der Waals surface area contributed by atoms with Crippen LogP contribution >= 0.6 is 11.8 Å². The van der Waals surface area contributed by atoms with Crippen molar-refractivity contribution in [3.05, 3.63) is 93.4 Å². The summed E-state index contributed by atoms with van der Waals surface area (Å²) in [4.78, 5) is 44.7. The molecule has 2 aliphatic rings. The number of hydrogen-bond acceptors (Lipinski definition) is 10. The van der Waals surface area contributed by atoms with Gasteiger partial charge in [-0.25, -0.2) is 13.1 Å². The van der Waals surface area contributed by atoms with Gasteiger partial charge in [0.05, 0.1) is 5.70 Å². The summed E-state index contributed by atoms with van der Waals surface area (Å²) in [6.45, 7) is 6.59. The van der Waals surface area contributed by atoms with Gasteiger partial charge in [-0.05, 0) is 23.6 Å². The lowest BCUT2D eigenvalue weighted by atomic mass is 9.86. The average molecular weight is 625 g/mol. The molecule has 2 aliphatic heterocycles. The van der Waals surface area contributed by atoms with E-state index < -0.39 is 48.9 Å². The van der Waals surface area contributed by atoms with Crippen molar-refractivity contribution in [1.82, 2.24) is 19.7 Å². The molecule has 11 nitrogen and oxygen atoms in total. The molecule has 3 aromatic rings. The van der Waals surface area contributed by atoms with Gasteiger partial charge in [-0.2, -0.15) is 4.98 Å². The fraction of sp³-hybridized carbons (Fsp3) is 0.367. The number of β-lactam (4-membered cyclic amide) rings is 1. The number of aromatic nitrogens is 3. The molecule has 1 fully saturated rings. The summed E-state index contributed by atoms with van der Waals surface area (Å²) in [5.74, 6) is -1.23. The van der Waals surface area contributed by atoms with Crippen LogP contribution in [0.25, 0.3) is 0 Å². The number of nitrogens with zero attached hydrogens (tertiary/aromatic N) is 4. The van der Waals surface area contributed by atoms with E-state index in [1.807, 2.05) is 60.7 Å². The zero-order valence-electron chi connectivity index (χ0n) is 24.5. The van der Waals surface area contributed by atoms with Gasteiger partial charge >= 0.3 is 11.4 Å². The highest BCUT2D eigenvalue weighted by Gasteiger charge is 2.63. The van der Waals surface area contributed by atoms with Crippen molar-refractivity contribution < 1.29 is 27.5 Å². The van der Waals surface area contributed by atoms with Gasteiger partial charge in [0.15, 0.2) is 38.4 Å². The molecule has 0 spiro atoms. The van der Waals surface area contributed by atoms with E-state index in [2.05, 4.69) is 10.1 Å². The Kier molecular flexibility index (Phi) is 8.09. The van der Waals surface area contributed by atoms with E-state index in [0.29, 0.717) is 0 Å². The second-order valence-corrected chi connectivity index (χ2v) is 14.9. The fourth-order valence-electron chi connectivity index (χ4n) is 5.08. The number of Topliss-reactive ketones (excluding diaryl/α,β-unsaturated/α-hetero) is 1. The van der Waals surface area contributed by atoms with Gasteiger partial charge in [0, 0.05) is 19.6 Å². The number of fused-ring (bicyclic) bond motifs is 1. The first-order valence-corrected chi connectivity index (χ1v) is 16.0. The quantitative estimate of drug-likeness (QED) is 0.343. The van der Waals surface area contributed by atoms with E-state index in [9.17, 15) is 22.8 Å². The molecule has 13 heteroatoms. The molecule has 0 aliphatic carbocycles. The molecule has 1 amide bonds. The molecule has 43 heavy (non-hydrogen) atoms. The second kappa shape index (κ2) is 11.4. The molecule has 226 valence electrons. The Bertz CT molecular complexity index is 1730. The Morgan fingerprint density at radius 3 is 2.07 bits per heavy atom. The molecular weight excluding hydrogens is 592 g/mol. The van der Waals surface area contributed by atoms with E-state index in [1.54, 1.807) is 20.8 Å². The third-order valence-corrected chi connectivity index (χ3v) is 11.6. The number of sulfone groups is 1. The Morgan fingerprint density at radius 1 is 1.00 bits per heavy atom. The van der Waals surface area contributed by atoms with Gasteiger partial charge in [0.1, 0.15) is 4.58 Å². The molecule has 1 aromatic heterocycles. The van der Waals surface area contributed by atoms with Crippen LogP contribution in [-0.4, -0.2) is 62.9 Å². The summed E-state index contributed by atoms with van der Waals surface area (Å²) in [7, 11) is -1.36. The number of thioether (sulfide) groups is 1. The molecule has 0 N–H and O–H groups in total. The van der Waals surface area contributed by atoms with Crippen LogP contribution in [0.1, 0.15) is 44.9 Å². The maximum absolute atomic E-state index is 13.8. The SMILES string of the molecule is CO[C@H]1C(=O)N2C(C(=O)C(C)(C)C)=C(C)C(Sc3nc(=O)c(OC(c4ccccc4)c4ccccc4)nn3C)S(=O)(=O)[C@H]12. The summed E-state index contributed by atoms with van der Waals surface area (Å²) in [6, 6.07) is 18.7. The molecule has 1 saturated heterocycles. The van der Waals surface area contributed by atoms with Crippen LogP contribution in [0, 0.1) is 5.41 Å². The van der Waals surface area contributed by atoms with Crippen molar-refractivity contribution in [3.63, 3.8) is 0 Å². The molecular formula is C30H32N4O7S2. The standard InChI is InChI=1S/C30H32N4O7S2/c1-17-20(23(35)30(2,3)4)34-26(37)22(40-6)27(34)43(38,39)28(17)42-29-31-24(36)25(32-33(29)5)41-21(18-13-9-7-10-14-18)19-15-11-8-12-16-19/h7-16,21-22,27-28H,1-6H3/t22-,27+,28?/m0/s1. The smallest absolute Gasteiger partial charge is 0.336 e. The molecule has 0 saturated carbocycles. The Hall–Kier alpha value is -3.81. The van der Waals surface area contributed by atoms with Crippen LogP contribution in [0.5, 0.6) is 5.88 Å². The largest absolute Gasteiger partial charge is 0.460 e. The number of ether oxygens (including phenoxy) is 2. The summed E-state index contributed by atoms with van der Waals surface area (Å²) < 4.78 is 39.0. The van der Waals surface area contributed by atoms with Crippen molar-refractivity contribution in [2.75, 3.05) is 7.11 Å². The van der Waals surface area contributed by atoms with Crippen molar-refractivity contribution in [1.29, 1.82) is 0 Å². The number of hydrogen-bond donors (Lipinski definition) is 0. The van der Waals surface area contributed by atoms with E-state index in [4.69, 9.17) is 9.47 Å². The molecule has 3 heterocycles. The number of rotatable bonds is 8. The number of aryl methyl sites for hydroxylation is 1. The predicted molar refractivity (Wildman–Crippen MR) is 160 cm³/mol. The first-order chi connectivity index (χ1) is 20.3. The van der Waals surface area contributed by atoms with Crippen LogP contribution in [0.4, 0.5) is 0 Å². The highest BCUT2D eigenvalue weighted by Crippen LogP contribution is 2.47. The van der Waals surface area contributed by atoms with E-state index in [0.717, 1.165) is 27.8 Å². The molecule has 0 radical (unpaired) electrons. The number of allylic oxidation sites excluding steroid dienone is 1. The van der Waals surface area contributed by atoms with Crippen LogP contribution < -0.4 is 10.3 Å². The topological polar surface area (TPSA) is 138 Å². The third-order valence-electron chi connectivity index (χ3n) is 7.29. The minimum Gasteiger partial charge on any atom is -0.460 e. The van der Waals surface area contributed by atoms with E-state index in [-0.39, 0.29) is 28.1 Å². The molecule has 2 aromatic carbocycles. The minimum atomic E-state index is -4.13. The number of ketones is 1. The van der Waals surface area contributed by atoms with Crippen LogP contribution in [-0.2, 0) is 31.2 Å². The lowest BCUT2D eigenvalue weighted by molar-refractivity contribution is -0.161. The summed E-state index contributed by atoms with van der Waals surface area (Å²) in [5, 5.41) is 2.94. The average Bonchev–Trinajstić information content (AvgIpc) is 2.96. The van der Waals surface area contributed by atoms with Crippen molar-refractivity contribution >= 4 is 33.3 Å². The van der Waals surface area contributed by atoms with Crippen molar-refractivity contribution in [2.45, 2.75) is 55.0 Å². The van der Waals surface area contributed by atoms with Gasteiger partial charge in [-0.3, -0.25) is 19.3 Å². The predicted octanol–water partition coefficient (Wildman–Crippen LogP) is 3.26. The minimum absolute atomic E-state index is 0.00290. The van der Waals surface area contributed by atoms with E-state index in [1.165, 1.54) is 25.8 Å². The summed E-state index contributed by atoms with van der Waals surface area (Å²) >= 11 is 0.768. The summed E-state index contributed by atoms with van der Waals surface area (Å²) in [6.07, 6.45) is -1.89. The van der Waals surface area contributed by atoms with Gasteiger partial charge in [0.25, 0.3) is 5.91 Å². The lowest BCUT2D eigenvalue weighted by Crippen LogP contribution is -2.71. The number of benzene rings is 2. The lowest BCUT2D eigenvalue weighted by Gasteiger charge is -2.51. The number of carbonyl (C=O) groups is 2. The van der Waals surface area contributed by atoms with Gasteiger partial charge in [0.2, 0.25) is 0 Å². The monoisotopic (exact) mass is 624 g/mol. The van der Waals surface area contributed by atoms with E-state index >= 15 is 0 Å². The van der Waals surface area contributed by atoms with Crippen LogP contribution in [0.2, 0.25) is 0 Å². The fourth-order valence-corrected chi connectivity index (χ4v) is 8.96. The van der Waals surface area contributed by atoms with Crippen molar-refractivity contribution in [2.24, 2.45) is 12.5 Å². The molecule has 1 unspecified atom stereocenters. The van der Waals surface area contributed by atoms with Gasteiger partial charge in [-0.1, -0.05) is 93.2 Å².